The van der Waals surface area contributed by atoms with Crippen LogP contribution >= 0.6 is 0 Å². The van der Waals surface area contributed by atoms with Crippen molar-refractivity contribution in [3.05, 3.63) is 11.6 Å². The summed E-state index contributed by atoms with van der Waals surface area (Å²) in [5, 5.41) is 17.2. The first-order valence-corrected chi connectivity index (χ1v) is 5.10. The quantitative estimate of drug-likeness (QED) is 0.623. The predicted octanol–water partition coefficient (Wildman–Crippen LogP) is 3.42. The van der Waals surface area contributed by atoms with Crippen LogP contribution in [0.5, 0.6) is 0 Å². The van der Waals surface area contributed by atoms with Gasteiger partial charge in [-0.25, -0.2) is 0 Å². The Balaban J connectivity index is 4.20. The standard InChI is InChI=1S/C12H18N2/c1-4-12(6-5-7-13)8-10(2)11(3)9-14/h6,10-11H,4-5,8H2,1-3H3/b12-6+. The molecule has 0 aromatic rings. The van der Waals surface area contributed by atoms with E-state index < -0.39 is 0 Å². The maximum atomic E-state index is 8.75. The third-order valence-electron chi connectivity index (χ3n) is 2.58. The first kappa shape index (κ1) is 12.7. The fourth-order valence-electron chi connectivity index (χ4n) is 1.28. The Hall–Kier alpha value is -1.28. The lowest BCUT2D eigenvalue weighted by Gasteiger charge is -2.14. The van der Waals surface area contributed by atoms with Crippen molar-refractivity contribution in [2.24, 2.45) is 11.8 Å². The van der Waals surface area contributed by atoms with E-state index in [1.807, 2.05) is 13.0 Å². The molecule has 0 aliphatic heterocycles. The Morgan fingerprint density at radius 2 is 2.00 bits per heavy atom. The highest BCUT2D eigenvalue weighted by Crippen LogP contribution is 2.21. The maximum Gasteiger partial charge on any atom is 0.0663 e. The number of rotatable bonds is 5. The molecule has 0 saturated carbocycles. The van der Waals surface area contributed by atoms with Gasteiger partial charge in [0.1, 0.15) is 0 Å². The molecule has 0 amide bonds. The van der Waals surface area contributed by atoms with Gasteiger partial charge in [0, 0.05) is 5.92 Å². The summed E-state index contributed by atoms with van der Waals surface area (Å²) in [6.07, 6.45) is 4.38. The van der Waals surface area contributed by atoms with Crippen molar-refractivity contribution in [3.8, 4) is 12.1 Å². The van der Waals surface area contributed by atoms with Gasteiger partial charge in [-0.1, -0.05) is 25.5 Å². The van der Waals surface area contributed by atoms with Gasteiger partial charge in [0.25, 0.3) is 0 Å². The van der Waals surface area contributed by atoms with E-state index in [0.29, 0.717) is 12.3 Å². The van der Waals surface area contributed by atoms with Crippen molar-refractivity contribution in [2.75, 3.05) is 0 Å². The maximum absolute atomic E-state index is 8.75. The molecule has 0 aromatic heterocycles. The number of nitriles is 2. The summed E-state index contributed by atoms with van der Waals surface area (Å²) in [5.41, 5.74) is 1.29. The van der Waals surface area contributed by atoms with Gasteiger partial charge in [-0.05, 0) is 25.7 Å². The monoisotopic (exact) mass is 190 g/mol. The first-order valence-electron chi connectivity index (χ1n) is 5.10. The molecule has 2 unspecified atom stereocenters. The van der Waals surface area contributed by atoms with Crippen LogP contribution in [-0.4, -0.2) is 0 Å². The van der Waals surface area contributed by atoms with Crippen molar-refractivity contribution in [2.45, 2.75) is 40.0 Å². The summed E-state index contributed by atoms with van der Waals surface area (Å²) >= 11 is 0. The van der Waals surface area contributed by atoms with E-state index in [4.69, 9.17) is 10.5 Å². The molecule has 0 bridgehead atoms. The van der Waals surface area contributed by atoms with Gasteiger partial charge in [-0.3, -0.25) is 0 Å². The molecule has 14 heavy (non-hydrogen) atoms. The molecule has 76 valence electrons. The van der Waals surface area contributed by atoms with Crippen LogP contribution in [0.3, 0.4) is 0 Å². The Labute approximate surface area is 86.8 Å². The van der Waals surface area contributed by atoms with Gasteiger partial charge in [0.05, 0.1) is 18.6 Å². The lowest BCUT2D eigenvalue weighted by atomic mass is 9.89. The molecule has 2 heteroatoms. The summed E-state index contributed by atoms with van der Waals surface area (Å²) < 4.78 is 0. The van der Waals surface area contributed by atoms with Gasteiger partial charge in [-0.15, -0.1) is 0 Å². The molecule has 2 atom stereocenters. The molecule has 0 saturated heterocycles. The zero-order valence-electron chi connectivity index (χ0n) is 9.25. The van der Waals surface area contributed by atoms with Crippen molar-refractivity contribution in [3.63, 3.8) is 0 Å². The van der Waals surface area contributed by atoms with E-state index in [9.17, 15) is 0 Å². The first-order chi connectivity index (χ1) is 6.65. The summed E-state index contributed by atoms with van der Waals surface area (Å²) in [6.45, 7) is 6.12. The lowest BCUT2D eigenvalue weighted by Crippen LogP contribution is -2.06. The Morgan fingerprint density at radius 1 is 1.36 bits per heavy atom. The molecule has 0 rings (SSSR count). The number of hydrogen-bond acceptors (Lipinski definition) is 2. The topological polar surface area (TPSA) is 47.6 Å². The van der Waals surface area contributed by atoms with Crippen molar-refractivity contribution >= 4 is 0 Å². The molecule has 0 aromatic carbocycles. The van der Waals surface area contributed by atoms with E-state index in [-0.39, 0.29) is 5.92 Å². The van der Waals surface area contributed by atoms with Crippen LogP contribution in [-0.2, 0) is 0 Å². The predicted molar refractivity (Wildman–Crippen MR) is 57.2 cm³/mol. The Morgan fingerprint density at radius 3 is 2.43 bits per heavy atom. The second-order valence-electron chi connectivity index (χ2n) is 3.68. The van der Waals surface area contributed by atoms with Gasteiger partial charge < -0.3 is 0 Å². The molecule has 2 nitrogen and oxygen atoms in total. The van der Waals surface area contributed by atoms with Crippen LogP contribution in [0.25, 0.3) is 0 Å². The summed E-state index contributed by atoms with van der Waals surface area (Å²) in [7, 11) is 0. The van der Waals surface area contributed by atoms with Crippen LogP contribution in [0.1, 0.15) is 40.0 Å². The third kappa shape index (κ3) is 4.67. The molecule has 0 aliphatic rings. The molecule has 0 fully saturated rings. The summed E-state index contributed by atoms with van der Waals surface area (Å²) in [5.74, 6) is 0.469. The second-order valence-corrected chi connectivity index (χ2v) is 3.68. The van der Waals surface area contributed by atoms with Crippen molar-refractivity contribution < 1.29 is 0 Å². The van der Waals surface area contributed by atoms with Gasteiger partial charge >= 0.3 is 0 Å². The number of nitrogens with zero attached hydrogens (tertiary/aromatic N) is 2. The SMILES string of the molecule is CC/C(=C\CC#N)CC(C)C(C)C#N. The van der Waals surface area contributed by atoms with Crippen LogP contribution in [0.15, 0.2) is 11.6 Å². The zero-order valence-corrected chi connectivity index (χ0v) is 9.25. The Kier molecular flexibility index (Phi) is 6.50. The minimum atomic E-state index is 0.0898. The normalized spacial score (nSPS) is 15.4. The average molecular weight is 190 g/mol. The molecule has 0 N–H and O–H groups in total. The molecule has 0 aliphatic carbocycles. The molecule has 0 heterocycles. The number of allylic oxidation sites excluding steroid dienone is 2. The molecular formula is C12H18N2. The van der Waals surface area contributed by atoms with Crippen LogP contribution in [0, 0.1) is 34.5 Å². The Bertz CT molecular complexity index is 265. The highest BCUT2D eigenvalue weighted by Gasteiger charge is 2.12. The van der Waals surface area contributed by atoms with E-state index in [2.05, 4.69) is 26.0 Å². The van der Waals surface area contributed by atoms with E-state index in [0.717, 1.165) is 12.8 Å². The van der Waals surface area contributed by atoms with Gasteiger partial charge in [0.2, 0.25) is 0 Å². The highest BCUT2D eigenvalue weighted by atomic mass is 14.3. The zero-order chi connectivity index (χ0) is 11.0. The van der Waals surface area contributed by atoms with Crippen LogP contribution < -0.4 is 0 Å². The lowest BCUT2D eigenvalue weighted by molar-refractivity contribution is 0.460. The number of hydrogen-bond donors (Lipinski definition) is 0. The van der Waals surface area contributed by atoms with Crippen molar-refractivity contribution in [1.29, 1.82) is 10.5 Å². The average Bonchev–Trinajstić information content (AvgIpc) is 2.22. The van der Waals surface area contributed by atoms with Crippen LogP contribution in [0.4, 0.5) is 0 Å². The van der Waals surface area contributed by atoms with Crippen molar-refractivity contribution in [1.82, 2.24) is 0 Å². The van der Waals surface area contributed by atoms with Crippen LogP contribution in [0.2, 0.25) is 0 Å². The second kappa shape index (κ2) is 7.15. The fourth-order valence-corrected chi connectivity index (χ4v) is 1.28. The minimum absolute atomic E-state index is 0.0898. The molecule has 0 radical (unpaired) electrons. The van der Waals surface area contributed by atoms with E-state index in [1.165, 1.54) is 5.57 Å². The van der Waals surface area contributed by atoms with Gasteiger partial charge in [0.15, 0.2) is 0 Å². The minimum Gasteiger partial charge on any atom is -0.198 e. The van der Waals surface area contributed by atoms with Gasteiger partial charge in [-0.2, -0.15) is 10.5 Å². The fraction of sp³-hybridized carbons (Fsp3) is 0.667. The van der Waals surface area contributed by atoms with E-state index >= 15 is 0 Å². The largest absolute Gasteiger partial charge is 0.198 e. The summed E-state index contributed by atoms with van der Waals surface area (Å²) in [6, 6.07) is 4.37. The third-order valence-corrected chi connectivity index (χ3v) is 2.58. The van der Waals surface area contributed by atoms with E-state index in [1.54, 1.807) is 0 Å². The smallest absolute Gasteiger partial charge is 0.0663 e. The molecule has 0 spiro atoms. The highest BCUT2D eigenvalue weighted by molar-refractivity contribution is 5.06. The molecular weight excluding hydrogens is 172 g/mol. The summed E-state index contributed by atoms with van der Waals surface area (Å²) in [4.78, 5) is 0.